The van der Waals surface area contributed by atoms with Crippen molar-refractivity contribution in [1.82, 2.24) is 5.01 Å². The van der Waals surface area contributed by atoms with Gasteiger partial charge in [0.05, 0.1) is 12.2 Å². The molecule has 2 aliphatic heterocycles. The van der Waals surface area contributed by atoms with Gasteiger partial charge in [0.25, 0.3) is 11.8 Å². The first-order chi connectivity index (χ1) is 12.0. The largest absolute Gasteiger partial charge is 0.271 e. The minimum atomic E-state index is -0.795. The van der Waals surface area contributed by atoms with Crippen molar-refractivity contribution in [3.63, 3.8) is 0 Å². The quantitative estimate of drug-likeness (QED) is 0.795. The maximum Gasteiger partial charge on any atom is 0.263 e. The first-order valence-electron chi connectivity index (χ1n) is 7.91. The van der Waals surface area contributed by atoms with Gasteiger partial charge in [-0.15, -0.1) is 0 Å². The van der Waals surface area contributed by atoms with E-state index in [4.69, 9.17) is 11.6 Å². The summed E-state index contributed by atoms with van der Waals surface area (Å²) in [4.78, 5) is 26.7. The molecule has 2 amide bonds. The van der Waals surface area contributed by atoms with Crippen LogP contribution in [0.2, 0.25) is 5.02 Å². The second-order valence-electron chi connectivity index (χ2n) is 6.17. The molecule has 1 saturated heterocycles. The van der Waals surface area contributed by atoms with Crippen LogP contribution in [-0.4, -0.2) is 28.9 Å². The van der Waals surface area contributed by atoms with Crippen LogP contribution in [-0.2, 0) is 16.1 Å². The molecule has 2 heterocycles. The molecule has 0 spiro atoms. The topological polar surface area (TPSA) is 65.3 Å². The van der Waals surface area contributed by atoms with Crippen molar-refractivity contribution in [3.8, 4) is 0 Å². The number of hydrogen-bond acceptors (Lipinski definition) is 5. The highest BCUT2D eigenvalue weighted by atomic mass is 35.5. The molecule has 2 aromatic carbocycles. The Labute approximate surface area is 149 Å². The fourth-order valence-corrected chi connectivity index (χ4v) is 3.41. The first-order valence-corrected chi connectivity index (χ1v) is 8.29. The lowest BCUT2D eigenvalue weighted by atomic mass is 10.1. The lowest BCUT2D eigenvalue weighted by molar-refractivity contribution is -0.123. The molecule has 2 aromatic rings. The molecule has 6 nitrogen and oxygen atoms in total. The van der Waals surface area contributed by atoms with E-state index >= 15 is 0 Å². The normalized spacial score (nSPS) is 22.0. The Hall–Kier alpha value is -2.73. The minimum absolute atomic E-state index is 0.324. The van der Waals surface area contributed by atoms with Gasteiger partial charge >= 0.3 is 0 Å². The molecule has 0 aromatic heterocycles. The molecular weight excluding hydrogens is 340 g/mol. The number of fused-ring (bicyclic) bond motifs is 1. The number of carbonyl (C=O) groups excluding carboxylic acids is 2. The molecule has 0 N–H and O–H groups in total. The summed E-state index contributed by atoms with van der Waals surface area (Å²) < 4.78 is 0. The number of anilines is 1. The maximum absolute atomic E-state index is 12.9. The van der Waals surface area contributed by atoms with Crippen molar-refractivity contribution < 1.29 is 9.59 Å². The minimum Gasteiger partial charge on any atom is -0.271 e. The van der Waals surface area contributed by atoms with E-state index in [1.54, 1.807) is 29.3 Å². The molecule has 0 radical (unpaired) electrons. The fourth-order valence-electron chi connectivity index (χ4n) is 3.22. The number of hydrogen-bond donors (Lipinski definition) is 0. The number of halogens is 1. The third-order valence-electron chi connectivity index (χ3n) is 4.35. The number of aryl methyl sites for hydroxylation is 1. The van der Waals surface area contributed by atoms with E-state index in [1.165, 1.54) is 0 Å². The smallest absolute Gasteiger partial charge is 0.263 e. The molecular formula is C18H15ClN4O2. The molecule has 2 aliphatic rings. The van der Waals surface area contributed by atoms with Crippen LogP contribution in [0.25, 0.3) is 0 Å². The predicted octanol–water partition coefficient (Wildman–Crippen LogP) is 3.14. The lowest BCUT2D eigenvalue weighted by Crippen LogP contribution is -2.39. The summed E-state index contributed by atoms with van der Waals surface area (Å²) in [5.41, 5.74) is 2.60. The zero-order valence-electron chi connectivity index (χ0n) is 13.5. The van der Waals surface area contributed by atoms with Gasteiger partial charge in [-0.25, -0.2) is 4.90 Å². The number of nitrogens with zero attached hydrogens (tertiary/aromatic N) is 4. The molecule has 0 bridgehead atoms. The van der Waals surface area contributed by atoms with Crippen molar-refractivity contribution in [3.05, 3.63) is 64.7 Å². The highest BCUT2D eigenvalue weighted by molar-refractivity contribution is 6.31. The van der Waals surface area contributed by atoms with Gasteiger partial charge in [-0.1, -0.05) is 52.7 Å². The Kier molecular flexibility index (Phi) is 3.77. The third kappa shape index (κ3) is 2.68. The Morgan fingerprint density at radius 2 is 1.88 bits per heavy atom. The second kappa shape index (κ2) is 5.97. The van der Waals surface area contributed by atoms with E-state index in [1.807, 2.05) is 31.2 Å². The highest BCUT2D eigenvalue weighted by Crippen LogP contribution is 2.33. The van der Waals surface area contributed by atoms with E-state index in [0.29, 0.717) is 17.3 Å². The summed E-state index contributed by atoms with van der Waals surface area (Å²) in [5.74, 6) is -0.692. The molecule has 0 aliphatic carbocycles. The predicted molar refractivity (Wildman–Crippen MR) is 93.1 cm³/mol. The van der Waals surface area contributed by atoms with Crippen LogP contribution < -0.4 is 4.90 Å². The maximum atomic E-state index is 12.9. The van der Waals surface area contributed by atoms with Crippen LogP contribution in [0.15, 0.2) is 58.9 Å². The van der Waals surface area contributed by atoms with Crippen molar-refractivity contribution in [2.24, 2.45) is 10.3 Å². The van der Waals surface area contributed by atoms with E-state index in [2.05, 4.69) is 10.3 Å². The van der Waals surface area contributed by atoms with Gasteiger partial charge in [0.2, 0.25) is 0 Å². The monoisotopic (exact) mass is 354 g/mol. The number of carbonyl (C=O) groups is 2. The number of rotatable bonds is 3. The van der Waals surface area contributed by atoms with Gasteiger partial charge in [0, 0.05) is 5.02 Å². The zero-order valence-corrected chi connectivity index (χ0v) is 14.2. The molecule has 1 fully saturated rings. The summed E-state index contributed by atoms with van der Waals surface area (Å²) in [7, 11) is 0. The summed E-state index contributed by atoms with van der Waals surface area (Å²) in [6, 6.07) is 13.1. The average molecular weight is 355 g/mol. The number of amides is 2. The molecule has 0 unspecified atom stereocenters. The van der Waals surface area contributed by atoms with Gasteiger partial charge in [-0.2, -0.15) is 5.11 Å². The summed E-state index contributed by atoms with van der Waals surface area (Å²) in [6.07, 6.45) is 0. The van der Waals surface area contributed by atoms with Gasteiger partial charge < -0.3 is 0 Å². The van der Waals surface area contributed by atoms with Crippen LogP contribution in [0.4, 0.5) is 5.69 Å². The van der Waals surface area contributed by atoms with Crippen LogP contribution in [0, 0.1) is 6.92 Å². The molecule has 4 rings (SSSR count). The molecule has 2 atom stereocenters. The Bertz CT molecular complexity index is 898. The third-order valence-corrected chi connectivity index (χ3v) is 4.59. The highest BCUT2D eigenvalue weighted by Gasteiger charge is 2.54. The Balaban J connectivity index is 1.61. The molecule has 7 heteroatoms. The summed E-state index contributed by atoms with van der Waals surface area (Å²) >= 11 is 5.99. The van der Waals surface area contributed by atoms with Crippen LogP contribution in [0.3, 0.4) is 0 Å². The standard InChI is InChI=1S/C18H15ClN4O2/c1-11-4-2-5-12(8-11)10-22-16-15(20-21-22)17(24)23(18(16)25)14-7-3-6-13(19)9-14/h2-9,15-16H,10H2,1H3/t15-,16+/m1/s1. The molecule has 0 saturated carbocycles. The average Bonchev–Trinajstić information content (AvgIpc) is 3.08. The van der Waals surface area contributed by atoms with Crippen molar-refractivity contribution >= 4 is 29.1 Å². The van der Waals surface area contributed by atoms with Gasteiger partial charge in [-0.3, -0.25) is 14.6 Å². The fraction of sp³-hybridized carbons (Fsp3) is 0.222. The Morgan fingerprint density at radius 1 is 1.08 bits per heavy atom. The SMILES string of the molecule is Cc1cccc(CN2N=N[C@H]3C(=O)N(c4cccc(Cl)c4)C(=O)[C@H]32)c1. The van der Waals surface area contributed by atoms with Crippen LogP contribution in [0.5, 0.6) is 0 Å². The van der Waals surface area contributed by atoms with E-state index < -0.39 is 12.1 Å². The van der Waals surface area contributed by atoms with Gasteiger partial charge in [0.1, 0.15) is 0 Å². The van der Waals surface area contributed by atoms with E-state index in [-0.39, 0.29) is 11.8 Å². The first kappa shape index (κ1) is 15.8. The number of benzene rings is 2. The van der Waals surface area contributed by atoms with E-state index in [9.17, 15) is 9.59 Å². The number of imide groups is 1. The lowest BCUT2D eigenvalue weighted by Gasteiger charge is -2.20. The van der Waals surface area contributed by atoms with Crippen molar-refractivity contribution in [2.75, 3.05) is 4.90 Å². The van der Waals surface area contributed by atoms with Crippen molar-refractivity contribution in [2.45, 2.75) is 25.6 Å². The Morgan fingerprint density at radius 3 is 2.64 bits per heavy atom. The molecule has 126 valence electrons. The van der Waals surface area contributed by atoms with Crippen LogP contribution in [0.1, 0.15) is 11.1 Å². The van der Waals surface area contributed by atoms with Crippen LogP contribution >= 0.6 is 11.6 Å². The van der Waals surface area contributed by atoms with Gasteiger partial charge in [-0.05, 0) is 30.7 Å². The summed E-state index contributed by atoms with van der Waals surface area (Å²) in [5, 5.41) is 10.1. The van der Waals surface area contributed by atoms with Crippen molar-refractivity contribution in [1.29, 1.82) is 0 Å². The molecule has 25 heavy (non-hydrogen) atoms. The van der Waals surface area contributed by atoms with Gasteiger partial charge in [0.15, 0.2) is 12.1 Å². The van der Waals surface area contributed by atoms with E-state index in [0.717, 1.165) is 16.0 Å². The zero-order chi connectivity index (χ0) is 17.6. The second-order valence-corrected chi connectivity index (χ2v) is 6.61. The summed E-state index contributed by atoms with van der Waals surface area (Å²) in [6.45, 7) is 2.43.